The largest absolute Gasteiger partial charge is 1.00 e. The van der Waals surface area contributed by atoms with Crippen LogP contribution in [0.25, 0.3) is 29.7 Å². The van der Waals surface area contributed by atoms with E-state index >= 15 is 0 Å². The Morgan fingerprint density at radius 2 is 0.597 bits per heavy atom. The van der Waals surface area contributed by atoms with E-state index in [-0.39, 0.29) is 95.4 Å². The smallest absolute Gasteiger partial charge is 0.731 e. The fourth-order valence-corrected chi connectivity index (χ4v) is 17.8. The van der Waals surface area contributed by atoms with Crippen molar-refractivity contribution in [1.29, 1.82) is 0 Å². The summed E-state index contributed by atoms with van der Waals surface area (Å²) in [4.78, 5) is 93.9. The van der Waals surface area contributed by atoms with Gasteiger partial charge < -0.3 is 55.2 Å². The topological polar surface area (TPSA) is 446 Å². The molecule has 6 atom stereocenters. The number of ether oxygens (including phenoxy) is 3. The maximum atomic E-state index is 13.5. The molecule has 0 aliphatic rings. The van der Waals surface area contributed by atoms with E-state index < -0.39 is 103 Å². The van der Waals surface area contributed by atoms with Gasteiger partial charge >= 0.3 is 87.7 Å². The Morgan fingerprint density at radius 3 is 0.824 bits per heavy atom. The summed E-state index contributed by atoms with van der Waals surface area (Å²) in [6.45, 7) is 0. The number of hydrogen-bond acceptors (Lipinski definition) is 26. The third-order valence-electron chi connectivity index (χ3n) is 16.9. The molecule has 119 heavy (non-hydrogen) atoms. The average molecular weight is 1800 g/mol. The first-order valence-corrected chi connectivity index (χ1v) is 44.7. The number of carbonyl (C=O) groups excluding carboxylic acids is 6. The molecule has 6 heterocycles. The Balaban J connectivity index is 0.000000220. The summed E-state index contributed by atoms with van der Waals surface area (Å²) in [6, 6.07) is 54.1. The molecule has 0 bridgehead atoms. The summed E-state index contributed by atoms with van der Waals surface area (Å²) in [5, 5.41) is 30.9. The fraction of sp³-hybridized carbons (Fsp3) is 0.192. The van der Waals surface area contributed by atoms with Crippen molar-refractivity contribution in [2.24, 2.45) is 0 Å². The average Bonchev–Trinajstić information content (AvgIpc) is 1.72. The molecule has 0 radical (unpaired) electrons. The number of thiophene rings is 3. The van der Waals surface area contributed by atoms with Gasteiger partial charge in [-0.15, -0.1) is 68.0 Å². The van der Waals surface area contributed by atoms with Gasteiger partial charge in [0.1, 0.15) is 33.1 Å². The molecule has 41 heteroatoms. The van der Waals surface area contributed by atoms with Crippen LogP contribution in [-0.4, -0.2) is 129 Å². The van der Waals surface area contributed by atoms with Crippen molar-refractivity contribution in [2.45, 2.75) is 74.8 Å². The number of nitrogens with zero attached hydrogens (tertiary/aromatic N) is 3. The van der Waals surface area contributed by atoms with E-state index in [1.165, 1.54) is 91.7 Å². The molecule has 0 aliphatic heterocycles. The molecule has 0 aliphatic carbocycles. The zero-order valence-corrected chi connectivity index (χ0v) is 75.5. The number of benzene rings is 6. The maximum absolute atomic E-state index is 13.5. The molecule has 6 amide bonds. The number of carbonyl (C=O) groups is 6. The van der Waals surface area contributed by atoms with E-state index in [1.54, 1.807) is 70.4 Å². The number of amides is 6. The predicted octanol–water partition coefficient (Wildman–Crippen LogP) is 6.68. The van der Waals surface area contributed by atoms with Crippen molar-refractivity contribution >= 4 is 152 Å². The summed E-state index contributed by atoms with van der Waals surface area (Å²) >= 11 is 9.05. The Bertz CT molecular complexity index is 5030. The molecular formula is C78H76N12Na2O18S9. The van der Waals surface area contributed by atoms with E-state index in [0.29, 0.717) is 36.3 Å². The molecule has 6 aromatic carbocycles. The SMILES string of the molecule is COC(=O)N[C@@H](Cc1ccccc1)C(=O)N[C@@H](Cc1ccc(NS(=O)(=O)O)cc1)c1csc(-c2cccs2)n1.COC(=O)N[C@@H](Cc1ccccc1)C(=O)N[C@@H](Cc1ccc(NS(=O)(=O)[O-])cc1)c1csc(-c2cccs2)n1.COC(=O)N[C@@H](Cc1ccccc1)C(=O)N[C@@H](Cc1ccc(NS(=O)(=O)[O-])cc1)c1csc(-c2cccs2)n1.[Na+].[Na+]. The van der Waals surface area contributed by atoms with Crippen LogP contribution in [0.4, 0.5) is 31.4 Å². The zero-order chi connectivity index (χ0) is 83.5. The number of methoxy groups -OCH3 is 3. The van der Waals surface area contributed by atoms with Crippen LogP contribution in [0.3, 0.4) is 0 Å². The predicted molar refractivity (Wildman–Crippen MR) is 450 cm³/mol. The second kappa shape index (κ2) is 46.5. The van der Waals surface area contributed by atoms with Gasteiger partial charge in [0.25, 0.3) is 0 Å². The van der Waals surface area contributed by atoms with Gasteiger partial charge in [-0.2, -0.15) is 8.42 Å². The molecule has 12 aromatic rings. The van der Waals surface area contributed by atoms with Crippen LogP contribution in [0.1, 0.15) is 68.6 Å². The minimum Gasteiger partial charge on any atom is -0.731 e. The van der Waals surface area contributed by atoms with Crippen LogP contribution in [0.2, 0.25) is 0 Å². The summed E-state index contributed by atoms with van der Waals surface area (Å²) in [6.07, 6.45) is -0.464. The standard InChI is InChI=1S/3C26H26N4O6S3.2Na/c3*1-36-26(32)29-21(15-17-6-3-2-4-7-17)24(31)27-20(22-16-38-25(28-22)23-8-5-13-37-23)14-18-9-11-19(12-10-18)30-39(33,34)35;;/h3*2-13,16,20-21,30H,14-15H2,1H3,(H,27,31)(H,29,32)(H,33,34,35);;/q;;;2*+1/p-2/t3*20-,21-;;/m000../s1. The Morgan fingerprint density at radius 1 is 0.345 bits per heavy atom. The third-order valence-corrected chi connectivity index (χ3v) is 24.1. The van der Waals surface area contributed by atoms with Crippen LogP contribution in [0.5, 0.6) is 0 Å². The first-order chi connectivity index (χ1) is 56.1. The molecule has 0 unspecified atom stereocenters. The van der Waals surface area contributed by atoms with Crippen molar-refractivity contribution < 1.29 is 141 Å². The molecule has 0 saturated carbocycles. The van der Waals surface area contributed by atoms with Crippen molar-refractivity contribution in [2.75, 3.05) is 35.5 Å². The Hall–Kier alpha value is -9.34. The molecule has 0 spiro atoms. The van der Waals surface area contributed by atoms with Gasteiger partial charge in [-0.05, 0) is 123 Å². The monoisotopic (exact) mass is 1800 g/mol. The molecule has 612 valence electrons. The minimum atomic E-state index is -4.65. The normalized spacial score (nSPS) is 12.6. The molecule has 0 fully saturated rings. The van der Waals surface area contributed by atoms with E-state index in [4.69, 9.17) is 33.7 Å². The summed E-state index contributed by atoms with van der Waals surface area (Å²) in [5.41, 5.74) is 7.27. The van der Waals surface area contributed by atoms with Gasteiger partial charge in [-0.1, -0.05) is 146 Å². The van der Waals surface area contributed by atoms with Gasteiger partial charge in [0.05, 0.1) is 76.9 Å². The number of alkyl carbamates (subject to hydrolysis) is 3. The fourth-order valence-electron chi connectivity index (χ4n) is 11.4. The molecule has 10 N–H and O–H groups in total. The van der Waals surface area contributed by atoms with Crippen molar-refractivity contribution in [3.05, 3.63) is 283 Å². The van der Waals surface area contributed by atoms with Crippen LogP contribution >= 0.6 is 68.0 Å². The Kier molecular flexibility index (Phi) is 37.1. The molecule has 0 saturated heterocycles. The van der Waals surface area contributed by atoms with Crippen molar-refractivity contribution in [3.63, 3.8) is 0 Å². The minimum absolute atomic E-state index is 0. The van der Waals surface area contributed by atoms with E-state index in [9.17, 15) is 63.1 Å². The van der Waals surface area contributed by atoms with Gasteiger partial charge in [-0.25, -0.2) is 46.2 Å². The second-order valence-electron chi connectivity index (χ2n) is 25.4. The number of aromatic nitrogens is 3. The number of nitrogens with one attached hydrogen (secondary N) is 9. The zero-order valence-electron chi connectivity index (χ0n) is 64.1. The summed E-state index contributed by atoms with van der Waals surface area (Å²) < 4.78 is 117. The quantitative estimate of drug-likeness (QED) is 0.0116. The van der Waals surface area contributed by atoms with Gasteiger partial charge in [-0.3, -0.25) is 33.1 Å². The summed E-state index contributed by atoms with van der Waals surface area (Å²) in [7, 11) is -10.0. The third kappa shape index (κ3) is 31.6. The van der Waals surface area contributed by atoms with Gasteiger partial charge in [0.2, 0.25) is 17.7 Å². The number of thiazole rings is 3. The van der Waals surface area contributed by atoms with E-state index in [0.717, 1.165) is 63.0 Å². The first-order valence-electron chi connectivity index (χ1n) is 35.1. The number of anilines is 3. The van der Waals surface area contributed by atoms with Gasteiger partial charge in [0, 0.05) is 46.8 Å². The second-order valence-corrected chi connectivity index (χ2v) is 34.2. The van der Waals surface area contributed by atoms with Crippen LogP contribution < -0.4 is 105 Å². The number of rotatable bonds is 33. The van der Waals surface area contributed by atoms with Crippen LogP contribution in [-0.2, 0) is 98.0 Å². The molecule has 6 aromatic heterocycles. The summed E-state index contributed by atoms with van der Waals surface area (Å²) in [5.74, 6) is -1.25. The first kappa shape index (κ1) is 95.1. The Labute approximate surface area is 755 Å². The van der Waals surface area contributed by atoms with Gasteiger partial charge in [0.15, 0.2) is 20.6 Å². The maximum Gasteiger partial charge on any atom is 1.00 e. The number of hydrogen-bond donors (Lipinski definition) is 10. The van der Waals surface area contributed by atoms with Crippen LogP contribution in [0, 0.1) is 0 Å². The molecule has 30 nitrogen and oxygen atoms in total. The van der Waals surface area contributed by atoms with Crippen molar-refractivity contribution in [1.82, 2.24) is 46.9 Å². The molecular weight excluding hydrogens is 1730 g/mol. The molecule has 12 rings (SSSR count). The van der Waals surface area contributed by atoms with Crippen molar-refractivity contribution in [3.8, 4) is 29.7 Å². The van der Waals surface area contributed by atoms with Crippen LogP contribution in [0.15, 0.2) is 232 Å². The van der Waals surface area contributed by atoms with E-state index in [2.05, 4.69) is 31.9 Å². The van der Waals surface area contributed by atoms with E-state index in [1.807, 2.05) is 174 Å².